The van der Waals surface area contributed by atoms with Crippen molar-refractivity contribution in [2.24, 2.45) is 0 Å². The molecule has 4 rings (SSSR count). The highest BCUT2D eigenvalue weighted by Gasteiger charge is 2.34. The number of halogens is 3. The second kappa shape index (κ2) is 16.4. The minimum atomic E-state index is -4.17. The van der Waals surface area contributed by atoms with E-state index < -0.39 is 28.5 Å². The van der Waals surface area contributed by atoms with Gasteiger partial charge in [0.2, 0.25) is 11.8 Å². The van der Waals surface area contributed by atoms with E-state index in [9.17, 15) is 18.0 Å². The van der Waals surface area contributed by atoms with Gasteiger partial charge in [0.15, 0.2) is 0 Å². The number of rotatable bonds is 14. The second-order valence-corrected chi connectivity index (χ2v) is 14.4. The van der Waals surface area contributed by atoms with Crippen LogP contribution in [-0.4, -0.2) is 44.3 Å². The predicted octanol–water partition coefficient (Wildman–Crippen LogP) is 7.35. The molecule has 0 aromatic heterocycles. The number of nitrogens with one attached hydrogen (secondary N) is 1. The third-order valence-corrected chi connectivity index (χ3v) is 10.3. The second-order valence-electron chi connectivity index (χ2n) is 10.4. The summed E-state index contributed by atoms with van der Waals surface area (Å²) in [6.45, 7) is 1.88. The smallest absolute Gasteiger partial charge is 0.264 e. The normalized spacial score (nSPS) is 11.9. The highest BCUT2D eigenvalue weighted by atomic mass is 127. The molecule has 11 heteroatoms. The van der Waals surface area contributed by atoms with Gasteiger partial charge in [-0.1, -0.05) is 91.1 Å². The standard InChI is InChI=1S/C34H34Cl2IN3O4S/c1-2-3-20-38-34(42)32(21-25-10-6-4-7-11-25)39(23-26-14-15-27(35)22-31(26)36)33(41)24-40(29-18-16-28(37)17-19-29)45(43,44)30-12-8-5-9-13-30/h4-19,22,32H,2-3,20-21,23-24H2,1H3,(H,38,42)/t32-/m0/s1. The third kappa shape index (κ3) is 9.45. The fraction of sp³-hybridized carbons (Fsp3) is 0.235. The lowest BCUT2D eigenvalue weighted by Crippen LogP contribution is -2.53. The fourth-order valence-electron chi connectivity index (χ4n) is 4.75. The molecule has 2 amide bonds. The summed E-state index contributed by atoms with van der Waals surface area (Å²) in [6.07, 6.45) is 1.87. The minimum absolute atomic E-state index is 0.0422. The number of hydrogen-bond acceptors (Lipinski definition) is 4. The molecule has 1 N–H and O–H groups in total. The molecule has 0 unspecified atom stereocenters. The van der Waals surface area contributed by atoms with Gasteiger partial charge in [-0.25, -0.2) is 8.42 Å². The Hall–Kier alpha value is -3.12. The number of amides is 2. The Balaban J connectivity index is 1.80. The molecule has 45 heavy (non-hydrogen) atoms. The van der Waals surface area contributed by atoms with Crippen LogP contribution in [-0.2, 0) is 32.6 Å². The number of carbonyl (C=O) groups excluding carboxylic acids is 2. The van der Waals surface area contributed by atoms with Gasteiger partial charge >= 0.3 is 0 Å². The molecule has 0 heterocycles. The summed E-state index contributed by atoms with van der Waals surface area (Å²) >= 11 is 14.9. The number of benzene rings is 4. The number of sulfonamides is 1. The van der Waals surface area contributed by atoms with Gasteiger partial charge in [-0.3, -0.25) is 13.9 Å². The summed E-state index contributed by atoms with van der Waals surface area (Å²) in [7, 11) is -4.17. The molecule has 7 nitrogen and oxygen atoms in total. The Morgan fingerprint density at radius 3 is 2.16 bits per heavy atom. The molecular weight excluding hydrogens is 744 g/mol. The molecule has 0 saturated heterocycles. The first-order chi connectivity index (χ1) is 21.6. The minimum Gasteiger partial charge on any atom is -0.354 e. The van der Waals surface area contributed by atoms with E-state index in [2.05, 4.69) is 27.9 Å². The summed E-state index contributed by atoms with van der Waals surface area (Å²) in [5.74, 6) is -0.900. The molecule has 4 aromatic rings. The molecule has 4 aromatic carbocycles. The Morgan fingerprint density at radius 2 is 1.53 bits per heavy atom. The first kappa shape index (κ1) is 34.7. The van der Waals surface area contributed by atoms with E-state index >= 15 is 0 Å². The quantitative estimate of drug-likeness (QED) is 0.107. The maximum atomic E-state index is 14.5. The van der Waals surface area contributed by atoms with Gasteiger partial charge in [-0.05, 0) is 88.7 Å². The highest BCUT2D eigenvalue weighted by Crippen LogP contribution is 2.27. The molecule has 0 aliphatic heterocycles. The first-order valence-corrected chi connectivity index (χ1v) is 17.8. The van der Waals surface area contributed by atoms with Crippen LogP contribution in [0.3, 0.4) is 0 Å². The lowest BCUT2D eigenvalue weighted by molar-refractivity contribution is -0.140. The van der Waals surface area contributed by atoms with Gasteiger partial charge in [-0.15, -0.1) is 0 Å². The van der Waals surface area contributed by atoms with Gasteiger partial charge < -0.3 is 10.2 Å². The first-order valence-electron chi connectivity index (χ1n) is 14.5. The van der Waals surface area contributed by atoms with Crippen LogP contribution >= 0.6 is 45.8 Å². The van der Waals surface area contributed by atoms with E-state index in [0.717, 1.165) is 26.3 Å². The molecule has 0 aliphatic carbocycles. The van der Waals surface area contributed by atoms with E-state index in [1.54, 1.807) is 60.7 Å². The average molecular weight is 779 g/mol. The molecule has 0 radical (unpaired) electrons. The van der Waals surface area contributed by atoms with Crippen molar-refractivity contribution in [3.05, 3.63) is 128 Å². The summed E-state index contributed by atoms with van der Waals surface area (Å²) < 4.78 is 30.1. The van der Waals surface area contributed by atoms with Crippen LogP contribution in [0.2, 0.25) is 10.0 Å². The predicted molar refractivity (Wildman–Crippen MR) is 189 cm³/mol. The largest absolute Gasteiger partial charge is 0.354 e. The third-order valence-electron chi connectivity index (χ3n) is 7.18. The molecule has 236 valence electrons. The number of hydrogen-bond donors (Lipinski definition) is 1. The Bertz CT molecular complexity index is 1690. The molecule has 0 fully saturated rings. The van der Waals surface area contributed by atoms with Crippen molar-refractivity contribution in [1.29, 1.82) is 0 Å². The molecular formula is C34H34Cl2IN3O4S. The van der Waals surface area contributed by atoms with Crippen LogP contribution < -0.4 is 9.62 Å². The topological polar surface area (TPSA) is 86.8 Å². The van der Waals surface area contributed by atoms with Crippen LogP contribution in [0.1, 0.15) is 30.9 Å². The van der Waals surface area contributed by atoms with Gasteiger partial charge in [0.25, 0.3) is 10.0 Å². The number of anilines is 1. The molecule has 0 saturated carbocycles. The van der Waals surface area contributed by atoms with Crippen molar-refractivity contribution >= 4 is 73.3 Å². The SMILES string of the molecule is CCCCNC(=O)[C@H](Cc1ccccc1)N(Cc1ccc(Cl)cc1Cl)C(=O)CN(c1ccc(I)cc1)S(=O)(=O)c1ccccc1. The molecule has 0 aliphatic rings. The monoisotopic (exact) mass is 777 g/mol. The zero-order chi connectivity index (χ0) is 32.4. The lowest BCUT2D eigenvalue weighted by atomic mass is 10.0. The van der Waals surface area contributed by atoms with E-state index in [-0.39, 0.29) is 23.8 Å². The summed E-state index contributed by atoms with van der Waals surface area (Å²) in [5.41, 5.74) is 1.74. The maximum Gasteiger partial charge on any atom is 0.264 e. The van der Waals surface area contributed by atoms with Crippen molar-refractivity contribution in [2.75, 3.05) is 17.4 Å². The maximum absolute atomic E-state index is 14.5. The van der Waals surface area contributed by atoms with Crippen LogP contribution in [0.4, 0.5) is 5.69 Å². The number of nitrogens with zero attached hydrogens (tertiary/aromatic N) is 2. The van der Waals surface area contributed by atoms with Gasteiger partial charge in [0, 0.05) is 33.1 Å². The number of unbranched alkanes of at least 4 members (excludes halogenated alkanes) is 1. The molecule has 0 spiro atoms. The van der Waals surface area contributed by atoms with Crippen molar-refractivity contribution < 1.29 is 18.0 Å². The zero-order valence-electron chi connectivity index (χ0n) is 24.7. The Kier molecular flexibility index (Phi) is 12.7. The fourth-order valence-corrected chi connectivity index (χ4v) is 7.01. The van der Waals surface area contributed by atoms with Crippen molar-refractivity contribution in [3.63, 3.8) is 0 Å². The number of carbonyl (C=O) groups is 2. The Labute approximate surface area is 288 Å². The summed E-state index contributed by atoms with van der Waals surface area (Å²) in [6, 6.07) is 28.2. The van der Waals surface area contributed by atoms with Crippen LogP contribution in [0.5, 0.6) is 0 Å². The zero-order valence-corrected chi connectivity index (χ0v) is 29.2. The van der Waals surface area contributed by atoms with Crippen molar-refractivity contribution in [3.8, 4) is 0 Å². The van der Waals surface area contributed by atoms with Gasteiger partial charge in [-0.2, -0.15) is 0 Å². The molecule has 1 atom stereocenters. The van der Waals surface area contributed by atoms with Crippen molar-refractivity contribution in [2.45, 2.75) is 43.7 Å². The van der Waals surface area contributed by atoms with E-state index in [1.165, 1.54) is 17.0 Å². The van der Waals surface area contributed by atoms with Gasteiger partial charge in [0.1, 0.15) is 12.6 Å². The summed E-state index contributed by atoms with van der Waals surface area (Å²) in [5, 5.41) is 3.74. The molecule has 0 bridgehead atoms. The van der Waals surface area contributed by atoms with Crippen LogP contribution in [0, 0.1) is 3.57 Å². The van der Waals surface area contributed by atoms with E-state index in [4.69, 9.17) is 23.2 Å². The van der Waals surface area contributed by atoms with E-state index in [1.807, 2.05) is 37.3 Å². The van der Waals surface area contributed by atoms with Crippen LogP contribution in [0.25, 0.3) is 0 Å². The lowest BCUT2D eigenvalue weighted by Gasteiger charge is -2.34. The highest BCUT2D eigenvalue weighted by molar-refractivity contribution is 14.1. The van der Waals surface area contributed by atoms with Gasteiger partial charge in [0.05, 0.1) is 10.6 Å². The van der Waals surface area contributed by atoms with Crippen LogP contribution in [0.15, 0.2) is 108 Å². The Morgan fingerprint density at radius 1 is 0.889 bits per heavy atom. The van der Waals surface area contributed by atoms with E-state index in [0.29, 0.717) is 27.8 Å². The average Bonchev–Trinajstić information content (AvgIpc) is 3.03. The van der Waals surface area contributed by atoms with Crippen molar-refractivity contribution in [1.82, 2.24) is 10.2 Å². The summed E-state index contributed by atoms with van der Waals surface area (Å²) in [4.78, 5) is 29.8.